The van der Waals surface area contributed by atoms with Crippen LogP contribution in [0.25, 0.3) is 0 Å². The summed E-state index contributed by atoms with van der Waals surface area (Å²) in [6.07, 6.45) is -0.0447. The summed E-state index contributed by atoms with van der Waals surface area (Å²) in [7, 11) is 0. The number of hydrogen-bond acceptors (Lipinski definition) is 3. The Hall–Kier alpha value is -1.66. The van der Waals surface area contributed by atoms with Gasteiger partial charge in [-0.05, 0) is 18.6 Å². The zero-order valence-corrected chi connectivity index (χ0v) is 13.1. The summed E-state index contributed by atoms with van der Waals surface area (Å²) in [5, 5.41) is 9.17. The van der Waals surface area contributed by atoms with Gasteiger partial charge in [-0.3, -0.25) is 9.59 Å². The third-order valence-corrected chi connectivity index (χ3v) is 4.66. The van der Waals surface area contributed by atoms with E-state index >= 15 is 0 Å². The van der Waals surface area contributed by atoms with Crippen LogP contribution in [0, 0.1) is 11.7 Å². The molecule has 1 aromatic carbocycles. The first-order chi connectivity index (χ1) is 11.0. The van der Waals surface area contributed by atoms with Crippen LogP contribution >= 0.6 is 11.6 Å². The Balaban J connectivity index is 1.65. The number of carbonyl (C=O) groups is 2. The third kappa shape index (κ3) is 3.48. The Morgan fingerprint density at radius 2 is 2.22 bits per heavy atom. The SMILES string of the molecule is O=C(O)C[C@@H]1CN(C(=O)[C@H]2C[C@@H]2c2c(F)cccc2Cl)CCO1. The van der Waals surface area contributed by atoms with Gasteiger partial charge in [0.1, 0.15) is 5.82 Å². The summed E-state index contributed by atoms with van der Waals surface area (Å²) in [5.74, 6) is -1.90. The van der Waals surface area contributed by atoms with Crippen LogP contribution in [0.5, 0.6) is 0 Å². The molecule has 1 aliphatic carbocycles. The van der Waals surface area contributed by atoms with Gasteiger partial charge in [-0.2, -0.15) is 0 Å². The second-order valence-corrected chi connectivity index (χ2v) is 6.37. The van der Waals surface area contributed by atoms with Crippen molar-refractivity contribution in [2.45, 2.75) is 24.9 Å². The Morgan fingerprint density at radius 1 is 1.43 bits per heavy atom. The van der Waals surface area contributed by atoms with Gasteiger partial charge in [0.15, 0.2) is 0 Å². The topological polar surface area (TPSA) is 66.8 Å². The lowest BCUT2D eigenvalue weighted by Crippen LogP contribution is -2.47. The summed E-state index contributed by atoms with van der Waals surface area (Å²) < 4.78 is 19.3. The van der Waals surface area contributed by atoms with Gasteiger partial charge in [0.25, 0.3) is 0 Å². The van der Waals surface area contributed by atoms with Crippen molar-refractivity contribution >= 4 is 23.5 Å². The zero-order chi connectivity index (χ0) is 16.6. The molecule has 2 aliphatic rings. The minimum absolute atomic E-state index is 0.0759. The van der Waals surface area contributed by atoms with Crippen LogP contribution in [0.15, 0.2) is 18.2 Å². The molecular formula is C16H17ClFNO4. The van der Waals surface area contributed by atoms with Gasteiger partial charge >= 0.3 is 5.97 Å². The maximum absolute atomic E-state index is 13.9. The van der Waals surface area contributed by atoms with Crippen molar-refractivity contribution in [2.75, 3.05) is 19.7 Å². The van der Waals surface area contributed by atoms with Gasteiger partial charge in [-0.15, -0.1) is 0 Å². The maximum Gasteiger partial charge on any atom is 0.306 e. The van der Waals surface area contributed by atoms with Crippen molar-refractivity contribution in [1.82, 2.24) is 4.90 Å². The third-order valence-electron chi connectivity index (χ3n) is 4.33. The Labute approximate surface area is 138 Å². The quantitative estimate of drug-likeness (QED) is 0.912. The molecule has 1 saturated carbocycles. The van der Waals surface area contributed by atoms with E-state index < -0.39 is 12.1 Å². The van der Waals surface area contributed by atoms with Crippen LogP contribution in [0.3, 0.4) is 0 Å². The molecule has 1 aliphatic heterocycles. The van der Waals surface area contributed by atoms with E-state index in [9.17, 15) is 14.0 Å². The number of nitrogens with zero attached hydrogens (tertiary/aromatic N) is 1. The van der Waals surface area contributed by atoms with Crippen molar-refractivity contribution in [3.8, 4) is 0 Å². The van der Waals surface area contributed by atoms with Gasteiger partial charge in [0, 0.05) is 35.5 Å². The highest BCUT2D eigenvalue weighted by atomic mass is 35.5. The lowest BCUT2D eigenvalue weighted by molar-refractivity contribution is -0.148. The van der Waals surface area contributed by atoms with Gasteiger partial charge in [0.2, 0.25) is 5.91 Å². The lowest BCUT2D eigenvalue weighted by Gasteiger charge is -2.32. The highest BCUT2D eigenvalue weighted by Gasteiger charge is 2.48. The molecule has 1 aromatic rings. The molecule has 7 heteroatoms. The zero-order valence-electron chi connectivity index (χ0n) is 12.4. The highest BCUT2D eigenvalue weighted by Crippen LogP contribution is 2.51. The van der Waals surface area contributed by atoms with Crippen LogP contribution in [0.1, 0.15) is 24.3 Å². The molecule has 0 unspecified atom stereocenters. The van der Waals surface area contributed by atoms with Crippen LogP contribution < -0.4 is 0 Å². The first kappa shape index (κ1) is 16.2. The molecule has 1 amide bonds. The normalized spacial score (nSPS) is 26.9. The standard InChI is InChI=1S/C16H17ClFNO4/c17-12-2-1-3-13(18)15(12)10-7-11(10)16(22)19-4-5-23-9(8-19)6-14(20)21/h1-3,9-11H,4-8H2,(H,20,21)/t9-,10+,11+/m1/s1. The molecule has 5 nitrogen and oxygen atoms in total. The van der Waals surface area contributed by atoms with Gasteiger partial charge in [-0.25, -0.2) is 4.39 Å². The van der Waals surface area contributed by atoms with E-state index in [2.05, 4.69) is 0 Å². The molecule has 0 spiro atoms. The van der Waals surface area contributed by atoms with E-state index in [-0.39, 0.29) is 36.5 Å². The molecular weight excluding hydrogens is 325 g/mol. The molecule has 1 N–H and O–H groups in total. The van der Waals surface area contributed by atoms with E-state index in [1.54, 1.807) is 17.0 Å². The number of carbonyl (C=O) groups excluding carboxylic acids is 1. The van der Waals surface area contributed by atoms with Crippen molar-refractivity contribution in [1.29, 1.82) is 0 Å². The van der Waals surface area contributed by atoms with Crippen molar-refractivity contribution in [3.63, 3.8) is 0 Å². The van der Waals surface area contributed by atoms with E-state index in [1.807, 2.05) is 0 Å². The number of morpholine rings is 1. The Kier molecular flexibility index (Phi) is 4.55. The number of halogens is 2. The second kappa shape index (κ2) is 6.45. The largest absolute Gasteiger partial charge is 0.481 e. The summed E-state index contributed by atoms with van der Waals surface area (Å²) in [6, 6.07) is 4.51. The Bertz CT molecular complexity index is 618. The fourth-order valence-corrected chi connectivity index (χ4v) is 3.43. The predicted molar refractivity (Wildman–Crippen MR) is 80.8 cm³/mol. The van der Waals surface area contributed by atoms with Crippen molar-refractivity contribution < 1.29 is 23.8 Å². The number of amides is 1. The highest BCUT2D eigenvalue weighted by molar-refractivity contribution is 6.31. The molecule has 0 radical (unpaired) electrons. The number of aliphatic carboxylic acids is 1. The minimum atomic E-state index is -0.952. The van der Waals surface area contributed by atoms with E-state index in [1.165, 1.54) is 6.07 Å². The summed E-state index contributed by atoms with van der Waals surface area (Å²) in [4.78, 5) is 24.9. The number of ether oxygens (including phenoxy) is 1. The molecule has 2 fully saturated rings. The molecule has 3 atom stereocenters. The average molecular weight is 342 g/mol. The molecule has 3 rings (SSSR count). The molecule has 1 heterocycles. The number of carboxylic acids is 1. The monoisotopic (exact) mass is 341 g/mol. The first-order valence-corrected chi connectivity index (χ1v) is 7.91. The number of rotatable bonds is 4. The minimum Gasteiger partial charge on any atom is -0.481 e. The molecule has 0 bridgehead atoms. The van der Waals surface area contributed by atoms with Crippen molar-refractivity contribution in [2.24, 2.45) is 5.92 Å². The molecule has 124 valence electrons. The van der Waals surface area contributed by atoms with Crippen LogP contribution in [-0.4, -0.2) is 47.7 Å². The van der Waals surface area contributed by atoms with Gasteiger partial charge in [0.05, 0.1) is 19.1 Å². The summed E-state index contributed by atoms with van der Waals surface area (Å²) in [5.41, 5.74) is 0.405. The number of carboxylic acid groups (broad SMARTS) is 1. The van der Waals surface area contributed by atoms with E-state index in [0.717, 1.165) is 0 Å². The second-order valence-electron chi connectivity index (χ2n) is 5.96. The first-order valence-electron chi connectivity index (χ1n) is 7.53. The van der Waals surface area contributed by atoms with Crippen LogP contribution in [0.4, 0.5) is 4.39 Å². The maximum atomic E-state index is 13.9. The summed E-state index contributed by atoms with van der Waals surface area (Å²) in [6.45, 7) is 1.02. The van der Waals surface area contributed by atoms with Crippen LogP contribution in [0.2, 0.25) is 5.02 Å². The fraction of sp³-hybridized carbons (Fsp3) is 0.500. The summed E-state index contributed by atoms with van der Waals surface area (Å²) >= 11 is 6.05. The smallest absolute Gasteiger partial charge is 0.306 e. The lowest BCUT2D eigenvalue weighted by atomic mass is 10.1. The number of hydrogen-bond donors (Lipinski definition) is 1. The average Bonchev–Trinajstić information content (AvgIpc) is 3.26. The van der Waals surface area contributed by atoms with E-state index in [4.69, 9.17) is 21.4 Å². The molecule has 23 heavy (non-hydrogen) atoms. The van der Waals surface area contributed by atoms with Gasteiger partial charge in [-0.1, -0.05) is 17.7 Å². The van der Waals surface area contributed by atoms with E-state index in [0.29, 0.717) is 30.2 Å². The Morgan fingerprint density at radius 3 is 2.91 bits per heavy atom. The molecule has 0 aromatic heterocycles. The van der Waals surface area contributed by atoms with Crippen molar-refractivity contribution in [3.05, 3.63) is 34.6 Å². The predicted octanol–water partition coefficient (Wildman–Crippen LogP) is 2.28. The number of benzene rings is 1. The van der Waals surface area contributed by atoms with Gasteiger partial charge < -0.3 is 14.7 Å². The van der Waals surface area contributed by atoms with Crippen LogP contribution in [-0.2, 0) is 14.3 Å². The fourth-order valence-electron chi connectivity index (χ4n) is 3.12. The molecule has 1 saturated heterocycles.